The van der Waals surface area contributed by atoms with E-state index in [0.29, 0.717) is 44.5 Å². The van der Waals surface area contributed by atoms with Gasteiger partial charge in [-0.2, -0.15) is 0 Å². The lowest BCUT2D eigenvalue weighted by Gasteiger charge is -2.38. The average molecular weight is 518 g/mol. The summed E-state index contributed by atoms with van der Waals surface area (Å²) in [5, 5.41) is 2.95. The number of nitrogens with one attached hydrogen (secondary N) is 1. The van der Waals surface area contributed by atoms with Gasteiger partial charge in [0.2, 0.25) is 5.91 Å². The predicted molar refractivity (Wildman–Crippen MR) is 145 cm³/mol. The number of hydrogen-bond donors (Lipinski definition) is 1. The molecule has 2 heterocycles. The summed E-state index contributed by atoms with van der Waals surface area (Å²) >= 11 is 0. The first kappa shape index (κ1) is 27.3. The second-order valence-electron chi connectivity index (χ2n) is 10.1. The highest BCUT2D eigenvalue weighted by Crippen LogP contribution is 2.38. The molecule has 38 heavy (non-hydrogen) atoms. The number of nitrogens with zero attached hydrogens (tertiary/aromatic N) is 2. The quantitative estimate of drug-likeness (QED) is 0.398. The normalized spacial score (nSPS) is 15.6. The van der Waals surface area contributed by atoms with Gasteiger partial charge in [0.15, 0.2) is 6.10 Å². The fourth-order valence-corrected chi connectivity index (χ4v) is 4.90. The van der Waals surface area contributed by atoms with Gasteiger partial charge < -0.3 is 15.0 Å². The summed E-state index contributed by atoms with van der Waals surface area (Å²) in [5.41, 5.74) is 3.63. The number of carbonyl (C=O) groups excluding carboxylic acids is 2. The molecule has 1 aliphatic rings. The van der Waals surface area contributed by atoms with Crippen LogP contribution in [0.3, 0.4) is 0 Å². The Morgan fingerprint density at radius 1 is 1.13 bits per heavy atom. The van der Waals surface area contributed by atoms with Gasteiger partial charge in [-0.1, -0.05) is 45.0 Å². The van der Waals surface area contributed by atoms with Crippen molar-refractivity contribution < 1.29 is 18.7 Å². The molecule has 0 fully saturated rings. The Balaban J connectivity index is 1.54. The molecule has 0 radical (unpaired) electrons. The Morgan fingerprint density at radius 3 is 2.68 bits per heavy atom. The molecule has 1 N–H and O–H groups in total. The lowest BCUT2D eigenvalue weighted by molar-refractivity contribution is -0.134. The van der Waals surface area contributed by atoms with Gasteiger partial charge in [-0.15, -0.1) is 0 Å². The van der Waals surface area contributed by atoms with Crippen LogP contribution in [0.5, 0.6) is 5.75 Å². The second-order valence-corrected chi connectivity index (χ2v) is 10.1. The zero-order valence-electron chi connectivity index (χ0n) is 22.3. The third-order valence-corrected chi connectivity index (χ3v) is 6.76. The van der Waals surface area contributed by atoms with Crippen molar-refractivity contribution in [1.29, 1.82) is 0 Å². The first-order chi connectivity index (χ1) is 18.4. The monoisotopic (exact) mass is 517 g/mol. The predicted octanol–water partition coefficient (Wildman–Crippen LogP) is 5.26. The molecule has 0 saturated carbocycles. The first-order valence-electron chi connectivity index (χ1n) is 13.4. The van der Waals surface area contributed by atoms with Gasteiger partial charge in [-0.05, 0) is 71.8 Å². The Labute approximate surface area is 224 Å². The largest absolute Gasteiger partial charge is 0.481 e. The molecule has 4 rings (SSSR count). The molecule has 3 aromatic rings. The third kappa shape index (κ3) is 6.77. The lowest BCUT2D eigenvalue weighted by atomic mass is 9.87. The summed E-state index contributed by atoms with van der Waals surface area (Å²) in [4.78, 5) is 32.2. The number of carbonyl (C=O) groups is 2. The van der Waals surface area contributed by atoms with E-state index in [0.717, 1.165) is 22.4 Å². The molecule has 0 unspecified atom stereocenters. The van der Waals surface area contributed by atoms with Crippen LogP contribution in [0.25, 0.3) is 0 Å². The Hall–Kier alpha value is -3.74. The molecular formula is C31H36FN3O3. The van der Waals surface area contributed by atoms with Crippen molar-refractivity contribution in [2.24, 2.45) is 5.92 Å². The minimum absolute atomic E-state index is 0.0463. The maximum atomic E-state index is 14.3. The van der Waals surface area contributed by atoms with Gasteiger partial charge in [0.1, 0.15) is 11.6 Å². The maximum absolute atomic E-state index is 14.3. The number of amides is 2. The number of aromatic nitrogens is 1. The minimum atomic E-state index is -0.660. The molecule has 0 aliphatic carbocycles. The Bertz CT molecular complexity index is 1250. The zero-order chi connectivity index (χ0) is 27.1. The molecule has 0 bridgehead atoms. The van der Waals surface area contributed by atoms with Crippen molar-refractivity contribution >= 4 is 11.8 Å². The standard InChI is InChI=1S/C31H36FN3O3/c1-4-28(31(37)34-16-13-25-10-5-6-15-33-25)38-26-12-11-22-14-17-35(29(36)18-21(2)3)30(27(22)20-26)23-8-7-9-24(32)19-23/h5-12,15,19-21,28,30H,4,13-14,16-18H2,1-3H3,(H,34,37)/t28-,30-/m0/s1. The van der Waals surface area contributed by atoms with E-state index in [9.17, 15) is 14.0 Å². The van der Waals surface area contributed by atoms with Crippen LogP contribution in [0.15, 0.2) is 66.9 Å². The molecule has 7 heteroatoms. The van der Waals surface area contributed by atoms with Gasteiger partial charge in [0.25, 0.3) is 5.91 Å². The summed E-state index contributed by atoms with van der Waals surface area (Å²) in [6, 6.07) is 17.5. The molecule has 0 saturated heterocycles. The molecular weight excluding hydrogens is 481 g/mol. The van der Waals surface area contributed by atoms with E-state index in [1.54, 1.807) is 12.3 Å². The topological polar surface area (TPSA) is 71.5 Å². The highest BCUT2D eigenvalue weighted by Gasteiger charge is 2.33. The molecule has 2 aromatic carbocycles. The van der Waals surface area contributed by atoms with Crippen molar-refractivity contribution in [1.82, 2.24) is 15.2 Å². The van der Waals surface area contributed by atoms with E-state index in [-0.39, 0.29) is 23.5 Å². The summed E-state index contributed by atoms with van der Waals surface area (Å²) in [5.74, 6) is 0.288. The van der Waals surface area contributed by atoms with Gasteiger partial charge in [0.05, 0.1) is 6.04 Å². The zero-order valence-corrected chi connectivity index (χ0v) is 22.3. The second kappa shape index (κ2) is 12.7. The summed E-state index contributed by atoms with van der Waals surface area (Å²) < 4.78 is 20.4. The Morgan fingerprint density at radius 2 is 1.97 bits per heavy atom. The molecule has 6 nitrogen and oxygen atoms in total. The van der Waals surface area contributed by atoms with Crippen molar-refractivity contribution in [2.75, 3.05) is 13.1 Å². The van der Waals surface area contributed by atoms with Crippen LogP contribution in [0.4, 0.5) is 4.39 Å². The summed E-state index contributed by atoms with van der Waals surface area (Å²) in [7, 11) is 0. The lowest BCUT2D eigenvalue weighted by Crippen LogP contribution is -2.41. The van der Waals surface area contributed by atoms with E-state index >= 15 is 0 Å². The van der Waals surface area contributed by atoms with Gasteiger partial charge in [0, 0.05) is 37.8 Å². The summed E-state index contributed by atoms with van der Waals surface area (Å²) in [6.07, 6.45) is 3.34. The average Bonchev–Trinajstić information content (AvgIpc) is 2.91. The van der Waals surface area contributed by atoms with Crippen molar-refractivity contribution in [3.8, 4) is 5.75 Å². The molecule has 2 atom stereocenters. The Kier molecular flexibility index (Phi) is 9.10. The fourth-order valence-electron chi connectivity index (χ4n) is 4.90. The van der Waals surface area contributed by atoms with Gasteiger partial charge in [-0.25, -0.2) is 4.39 Å². The first-order valence-corrected chi connectivity index (χ1v) is 13.4. The van der Waals surface area contributed by atoms with Crippen LogP contribution < -0.4 is 10.1 Å². The van der Waals surface area contributed by atoms with Crippen LogP contribution >= 0.6 is 0 Å². The van der Waals surface area contributed by atoms with Crippen LogP contribution in [0, 0.1) is 11.7 Å². The number of benzene rings is 2. The fraction of sp³-hybridized carbons (Fsp3) is 0.387. The smallest absolute Gasteiger partial charge is 0.261 e. The van der Waals surface area contributed by atoms with Gasteiger partial charge >= 0.3 is 0 Å². The number of ether oxygens (including phenoxy) is 1. The van der Waals surface area contributed by atoms with Crippen molar-refractivity contribution in [3.05, 3.63) is 95.1 Å². The molecule has 1 aromatic heterocycles. The van der Waals surface area contributed by atoms with Crippen LogP contribution in [0.1, 0.15) is 62.0 Å². The van der Waals surface area contributed by atoms with E-state index in [1.165, 1.54) is 12.1 Å². The van der Waals surface area contributed by atoms with Crippen molar-refractivity contribution in [3.63, 3.8) is 0 Å². The van der Waals surface area contributed by atoms with E-state index in [2.05, 4.69) is 10.3 Å². The number of fused-ring (bicyclic) bond motifs is 1. The van der Waals surface area contributed by atoms with Crippen molar-refractivity contribution in [2.45, 2.75) is 58.6 Å². The number of halogens is 1. The number of rotatable bonds is 10. The summed E-state index contributed by atoms with van der Waals surface area (Å²) in [6.45, 7) is 6.98. The van der Waals surface area contributed by atoms with Gasteiger partial charge in [-0.3, -0.25) is 14.6 Å². The molecule has 2 amide bonds. The SMILES string of the molecule is CC[C@H](Oc1ccc2c(c1)[C@H](c1cccc(F)c1)N(C(=O)CC(C)C)CC2)C(=O)NCCc1ccccn1. The number of hydrogen-bond acceptors (Lipinski definition) is 4. The highest BCUT2D eigenvalue weighted by atomic mass is 19.1. The van der Waals surface area contributed by atoms with E-state index in [4.69, 9.17) is 4.74 Å². The van der Waals surface area contributed by atoms with Crippen LogP contribution in [-0.2, 0) is 22.4 Å². The maximum Gasteiger partial charge on any atom is 0.261 e. The number of pyridine rings is 1. The van der Waals surface area contributed by atoms with E-state index in [1.807, 2.05) is 68.1 Å². The highest BCUT2D eigenvalue weighted by molar-refractivity contribution is 5.81. The molecule has 1 aliphatic heterocycles. The van der Waals surface area contributed by atoms with Crippen LogP contribution in [-0.4, -0.2) is 40.9 Å². The third-order valence-electron chi connectivity index (χ3n) is 6.76. The minimum Gasteiger partial charge on any atom is -0.481 e. The molecule has 200 valence electrons. The van der Waals surface area contributed by atoms with E-state index < -0.39 is 12.1 Å². The van der Waals surface area contributed by atoms with Crippen LogP contribution in [0.2, 0.25) is 0 Å². The molecule has 0 spiro atoms.